The van der Waals surface area contributed by atoms with Gasteiger partial charge in [-0.25, -0.2) is 0 Å². The number of hydrogen-bond acceptors (Lipinski definition) is 4. The third-order valence-electron chi connectivity index (χ3n) is 5.39. The Labute approximate surface area is 149 Å². The fraction of sp³-hybridized carbons (Fsp3) is 0.429. The summed E-state index contributed by atoms with van der Waals surface area (Å²) in [7, 11) is 3.44. The van der Waals surface area contributed by atoms with Gasteiger partial charge in [-0.1, -0.05) is 12.1 Å². The number of hydrogen-bond donors (Lipinski definition) is 1. The second-order valence-electron chi connectivity index (χ2n) is 6.89. The molecule has 0 spiro atoms. The van der Waals surface area contributed by atoms with Crippen molar-refractivity contribution in [2.45, 2.75) is 25.5 Å². The molecule has 1 atom stereocenters. The number of anilines is 1. The van der Waals surface area contributed by atoms with Crippen LogP contribution in [0.3, 0.4) is 0 Å². The summed E-state index contributed by atoms with van der Waals surface area (Å²) in [4.78, 5) is 2.59. The monoisotopic (exact) mass is 338 g/mol. The van der Waals surface area contributed by atoms with Gasteiger partial charge in [0.25, 0.3) is 0 Å². The molecule has 2 aromatic carbocycles. The minimum absolute atomic E-state index is 0.587. The van der Waals surface area contributed by atoms with Crippen molar-refractivity contribution in [3.8, 4) is 16.9 Å². The lowest BCUT2D eigenvalue weighted by molar-refractivity contribution is 0.185. The standard InChI is InChI=1S/C21H26N2O2/c1-24-14-17-13-19(25-2)4-5-20(17)15-3-6-21-16(11-15)12-18-7-8-22-9-10-23(18)21/h3-6,11,13,18,22H,7-10,12,14H2,1-2H3. The van der Waals surface area contributed by atoms with Crippen LogP contribution in [0.15, 0.2) is 36.4 Å². The SMILES string of the molecule is COCc1cc(OC)ccc1-c1ccc2c(c1)CC1CCNCCN21. The van der Waals surface area contributed by atoms with E-state index in [0.29, 0.717) is 12.6 Å². The summed E-state index contributed by atoms with van der Waals surface area (Å²) in [5.74, 6) is 0.873. The summed E-state index contributed by atoms with van der Waals surface area (Å²) in [5.41, 5.74) is 6.56. The summed E-state index contributed by atoms with van der Waals surface area (Å²) in [6.45, 7) is 3.89. The molecule has 1 saturated heterocycles. The van der Waals surface area contributed by atoms with Gasteiger partial charge >= 0.3 is 0 Å². The van der Waals surface area contributed by atoms with Crippen LogP contribution < -0.4 is 15.0 Å². The molecule has 132 valence electrons. The van der Waals surface area contributed by atoms with Gasteiger partial charge in [0.05, 0.1) is 13.7 Å². The van der Waals surface area contributed by atoms with E-state index in [2.05, 4.69) is 40.5 Å². The molecule has 4 nitrogen and oxygen atoms in total. The molecular formula is C21H26N2O2. The molecule has 4 rings (SSSR count). The highest BCUT2D eigenvalue weighted by molar-refractivity contribution is 5.74. The highest BCUT2D eigenvalue weighted by atomic mass is 16.5. The fourth-order valence-corrected chi connectivity index (χ4v) is 4.17. The van der Waals surface area contributed by atoms with Crippen LogP contribution in [0.1, 0.15) is 17.5 Å². The quantitative estimate of drug-likeness (QED) is 0.928. The van der Waals surface area contributed by atoms with Crippen molar-refractivity contribution >= 4 is 5.69 Å². The lowest BCUT2D eigenvalue weighted by Crippen LogP contribution is -2.32. The van der Waals surface area contributed by atoms with Gasteiger partial charge in [0, 0.05) is 31.9 Å². The molecule has 0 aromatic heterocycles. The van der Waals surface area contributed by atoms with Gasteiger partial charge in [-0.2, -0.15) is 0 Å². The van der Waals surface area contributed by atoms with E-state index >= 15 is 0 Å². The van der Waals surface area contributed by atoms with E-state index in [4.69, 9.17) is 9.47 Å². The maximum Gasteiger partial charge on any atom is 0.119 e. The van der Waals surface area contributed by atoms with Gasteiger partial charge < -0.3 is 19.7 Å². The van der Waals surface area contributed by atoms with Crippen molar-refractivity contribution in [2.75, 3.05) is 38.8 Å². The van der Waals surface area contributed by atoms with E-state index < -0.39 is 0 Å². The molecule has 2 aliphatic heterocycles. The lowest BCUT2D eigenvalue weighted by Gasteiger charge is -2.24. The summed E-state index contributed by atoms with van der Waals surface area (Å²) >= 11 is 0. The Bertz CT molecular complexity index is 760. The van der Waals surface area contributed by atoms with Crippen LogP contribution in [0, 0.1) is 0 Å². The maximum absolute atomic E-state index is 5.40. The molecule has 1 N–H and O–H groups in total. The Hall–Kier alpha value is -2.04. The molecule has 25 heavy (non-hydrogen) atoms. The predicted octanol–water partition coefficient (Wildman–Crippen LogP) is 3.23. The van der Waals surface area contributed by atoms with Crippen molar-refractivity contribution in [1.82, 2.24) is 5.32 Å². The number of methoxy groups -OCH3 is 2. The van der Waals surface area contributed by atoms with E-state index in [1.54, 1.807) is 14.2 Å². The molecule has 0 saturated carbocycles. The molecule has 0 amide bonds. The normalized spacial score (nSPS) is 19.3. The first-order valence-corrected chi connectivity index (χ1v) is 9.06. The minimum Gasteiger partial charge on any atom is -0.497 e. The smallest absolute Gasteiger partial charge is 0.119 e. The molecule has 0 radical (unpaired) electrons. The summed E-state index contributed by atoms with van der Waals surface area (Å²) < 4.78 is 10.8. The Morgan fingerprint density at radius 2 is 2.04 bits per heavy atom. The number of nitrogens with zero attached hydrogens (tertiary/aromatic N) is 1. The predicted molar refractivity (Wildman–Crippen MR) is 101 cm³/mol. The van der Waals surface area contributed by atoms with Gasteiger partial charge in [0.1, 0.15) is 5.75 Å². The van der Waals surface area contributed by atoms with Crippen molar-refractivity contribution in [3.63, 3.8) is 0 Å². The average Bonchev–Trinajstić information content (AvgIpc) is 2.82. The van der Waals surface area contributed by atoms with Gasteiger partial charge in [-0.15, -0.1) is 0 Å². The molecular weight excluding hydrogens is 312 g/mol. The zero-order valence-electron chi connectivity index (χ0n) is 15.0. The number of fused-ring (bicyclic) bond motifs is 3. The van der Waals surface area contributed by atoms with Crippen LogP contribution in [0.5, 0.6) is 5.75 Å². The molecule has 0 aliphatic carbocycles. The molecule has 0 bridgehead atoms. The molecule has 2 aliphatic rings. The van der Waals surface area contributed by atoms with Gasteiger partial charge in [0.2, 0.25) is 0 Å². The Morgan fingerprint density at radius 1 is 1.12 bits per heavy atom. The number of benzene rings is 2. The third-order valence-corrected chi connectivity index (χ3v) is 5.39. The zero-order valence-corrected chi connectivity index (χ0v) is 15.0. The number of rotatable bonds is 4. The maximum atomic E-state index is 5.40. The molecule has 2 heterocycles. The van der Waals surface area contributed by atoms with Crippen LogP contribution in [-0.2, 0) is 17.8 Å². The van der Waals surface area contributed by atoms with Crippen LogP contribution in [-0.4, -0.2) is 39.9 Å². The fourth-order valence-electron chi connectivity index (χ4n) is 4.17. The first-order chi connectivity index (χ1) is 12.3. The largest absolute Gasteiger partial charge is 0.497 e. The molecule has 4 heteroatoms. The van der Waals surface area contributed by atoms with E-state index in [9.17, 15) is 0 Å². The van der Waals surface area contributed by atoms with E-state index in [1.807, 2.05) is 6.07 Å². The summed E-state index contributed by atoms with van der Waals surface area (Å²) in [6, 6.07) is 13.8. The average molecular weight is 338 g/mol. The topological polar surface area (TPSA) is 33.7 Å². The van der Waals surface area contributed by atoms with Crippen LogP contribution in [0.4, 0.5) is 5.69 Å². The number of ether oxygens (including phenoxy) is 2. The van der Waals surface area contributed by atoms with Crippen molar-refractivity contribution in [1.29, 1.82) is 0 Å². The number of nitrogens with one attached hydrogen (secondary N) is 1. The molecule has 1 fully saturated rings. The summed E-state index contributed by atoms with van der Waals surface area (Å²) in [5, 5.41) is 3.51. The van der Waals surface area contributed by atoms with Gasteiger partial charge in [-0.05, 0) is 65.9 Å². The van der Waals surface area contributed by atoms with Gasteiger partial charge in [-0.3, -0.25) is 0 Å². The van der Waals surface area contributed by atoms with Crippen molar-refractivity contribution < 1.29 is 9.47 Å². The Balaban J connectivity index is 1.69. The molecule has 1 unspecified atom stereocenters. The summed E-state index contributed by atoms with van der Waals surface area (Å²) in [6.07, 6.45) is 2.38. The second kappa shape index (κ2) is 7.06. The van der Waals surface area contributed by atoms with Crippen molar-refractivity contribution in [3.05, 3.63) is 47.5 Å². The third kappa shape index (κ3) is 3.12. The van der Waals surface area contributed by atoms with E-state index in [1.165, 1.54) is 34.4 Å². The first kappa shape index (κ1) is 16.4. The van der Waals surface area contributed by atoms with Crippen molar-refractivity contribution in [2.24, 2.45) is 0 Å². The lowest BCUT2D eigenvalue weighted by atomic mass is 9.96. The first-order valence-electron chi connectivity index (χ1n) is 9.06. The second-order valence-corrected chi connectivity index (χ2v) is 6.89. The van der Waals surface area contributed by atoms with Crippen LogP contribution in [0.2, 0.25) is 0 Å². The highest BCUT2D eigenvalue weighted by Crippen LogP contribution is 2.38. The minimum atomic E-state index is 0.587. The Kier molecular flexibility index (Phi) is 4.64. The molecule has 2 aromatic rings. The Morgan fingerprint density at radius 3 is 2.88 bits per heavy atom. The van der Waals surface area contributed by atoms with E-state index in [-0.39, 0.29) is 0 Å². The van der Waals surface area contributed by atoms with E-state index in [0.717, 1.165) is 31.8 Å². The highest BCUT2D eigenvalue weighted by Gasteiger charge is 2.30. The van der Waals surface area contributed by atoms with Crippen LogP contribution >= 0.6 is 0 Å². The van der Waals surface area contributed by atoms with Gasteiger partial charge in [0.15, 0.2) is 0 Å². The van der Waals surface area contributed by atoms with Crippen LogP contribution in [0.25, 0.3) is 11.1 Å². The zero-order chi connectivity index (χ0) is 17.2.